The van der Waals surface area contributed by atoms with Crippen molar-refractivity contribution in [3.05, 3.63) is 59.7 Å². The average molecular weight is 312 g/mol. The number of ether oxygens (including phenoxy) is 1. The first-order valence-electron chi connectivity index (χ1n) is 7.27. The van der Waals surface area contributed by atoms with Crippen LogP contribution in [0.1, 0.15) is 15.9 Å². The van der Waals surface area contributed by atoms with Crippen LogP contribution in [0.25, 0.3) is 0 Å². The summed E-state index contributed by atoms with van der Waals surface area (Å²) in [4.78, 5) is 25.7. The van der Waals surface area contributed by atoms with Gasteiger partial charge in [0, 0.05) is 25.5 Å². The molecule has 5 nitrogen and oxygen atoms in total. The summed E-state index contributed by atoms with van der Waals surface area (Å²) in [7, 11) is 3.78. The van der Waals surface area contributed by atoms with Gasteiger partial charge in [0.2, 0.25) is 0 Å². The van der Waals surface area contributed by atoms with Gasteiger partial charge in [-0.1, -0.05) is 18.2 Å². The van der Waals surface area contributed by atoms with Gasteiger partial charge in [-0.15, -0.1) is 0 Å². The molecule has 0 bridgehead atoms. The van der Waals surface area contributed by atoms with Crippen molar-refractivity contribution in [2.45, 2.75) is 6.92 Å². The Morgan fingerprint density at radius 2 is 1.83 bits per heavy atom. The van der Waals surface area contributed by atoms with E-state index in [0.717, 1.165) is 11.3 Å². The summed E-state index contributed by atoms with van der Waals surface area (Å²) in [6.07, 6.45) is 0. The topological polar surface area (TPSA) is 58.6 Å². The van der Waals surface area contributed by atoms with Gasteiger partial charge in [-0.2, -0.15) is 0 Å². The van der Waals surface area contributed by atoms with E-state index >= 15 is 0 Å². The lowest BCUT2D eigenvalue weighted by Crippen LogP contribution is -2.21. The van der Waals surface area contributed by atoms with E-state index in [1.165, 1.54) is 0 Å². The maximum Gasteiger partial charge on any atom is 0.338 e. The smallest absolute Gasteiger partial charge is 0.338 e. The van der Waals surface area contributed by atoms with Crippen LogP contribution in [-0.2, 0) is 9.53 Å². The van der Waals surface area contributed by atoms with E-state index in [0.29, 0.717) is 11.3 Å². The fraction of sp³-hybridized carbons (Fsp3) is 0.222. The number of amides is 1. The van der Waals surface area contributed by atoms with Crippen molar-refractivity contribution in [3.63, 3.8) is 0 Å². The number of benzene rings is 2. The van der Waals surface area contributed by atoms with Gasteiger partial charge >= 0.3 is 5.97 Å². The third-order valence-electron chi connectivity index (χ3n) is 3.23. The molecule has 0 aliphatic heterocycles. The van der Waals surface area contributed by atoms with E-state index in [1.54, 1.807) is 24.3 Å². The minimum Gasteiger partial charge on any atom is -0.452 e. The zero-order valence-electron chi connectivity index (χ0n) is 13.5. The van der Waals surface area contributed by atoms with E-state index in [4.69, 9.17) is 4.74 Å². The molecule has 0 atom stereocenters. The highest BCUT2D eigenvalue weighted by molar-refractivity contribution is 5.95. The van der Waals surface area contributed by atoms with Crippen molar-refractivity contribution in [2.75, 3.05) is 30.9 Å². The zero-order chi connectivity index (χ0) is 16.8. The number of hydrogen-bond donors (Lipinski definition) is 1. The second-order valence-corrected chi connectivity index (χ2v) is 5.44. The quantitative estimate of drug-likeness (QED) is 0.863. The van der Waals surface area contributed by atoms with Gasteiger partial charge in [0.25, 0.3) is 5.91 Å². The number of nitrogens with one attached hydrogen (secondary N) is 1. The third-order valence-corrected chi connectivity index (χ3v) is 3.23. The Hall–Kier alpha value is -2.82. The predicted octanol–water partition coefficient (Wildman–Crippen LogP) is 2.86. The molecule has 0 radical (unpaired) electrons. The molecular formula is C18H20N2O3. The molecule has 0 aromatic heterocycles. The molecule has 0 saturated carbocycles. The monoisotopic (exact) mass is 312 g/mol. The van der Waals surface area contributed by atoms with E-state index < -0.39 is 5.97 Å². The van der Waals surface area contributed by atoms with Crippen molar-refractivity contribution in [1.82, 2.24) is 0 Å². The summed E-state index contributed by atoms with van der Waals surface area (Å²) in [6.45, 7) is 1.62. The number of aryl methyl sites for hydroxylation is 1. The SMILES string of the molecule is Cc1cccc(NC(=O)COC(=O)c2cccc(N(C)C)c2)c1. The first kappa shape index (κ1) is 16.5. The molecule has 0 aliphatic carbocycles. The molecule has 1 amide bonds. The van der Waals surface area contributed by atoms with Crippen molar-refractivity contribution in [2.24, 2.45) is 0 Å². The van der Waals surface area contributed by atoms with E-state index in [-0.39, 0.29) is 12.5 Å². The van der Waals surface area contributed by atoms with E-state index in [9.17, 15) is 9.59 Å². The Morgan fingerprint density at radius 1 is 1.09 bits per heavy atom. The Labute approximate surface area is 135 Å². The number of rotatable bonds is 5. The van der Waals surface area contributed by atoms with Gasteiger partial charge in [-0.25, -0.2) is 4.79 Å². The number of nitrogens with zero attached hydrogens (tertiary/aromatic N) is 1. The second-order valence-electron chi connectivity index (χ2n) is 5.44. The fourth-order valence-electron chi connectivity index (χ4n) is 2.05. The highest BCUT2D eigenvalue weighted by Crippen LogP contribution is 2.14. The number of hydrogen-bond acceptors (Lipinski definition) is 4. The van der Waals surface area contributed by atoms with Gasteiger partial charge in [-0.05, 0) is 42.8 Å². The largest absolute Gasteiger partial charge is 0.452 e. The molecule has 2 aromatic rings. The number of carbonyl (C=O) groups excluding carboxylic acids is 2. The van der Waals surface area contributed by atoms with Crippen LogP contribution in [0.3, 0.4) is 0 Å². The molecule has 23 heavy (non-hydrogen) atoms. The Bertz CT molecular complexity index is 711. The lowest BCUT2D eigenvalue weighted by atomic mass is 10.2. The highest BCUT2D eigenvalue weighted by Gasteiger charge is 2.11. The molecule has 0 aliphatic rings. The number of esters is 1. The van der Waals surface area contributed by atoms with Crippen molar-refractivity contribution in [3.8, 4) is 0 Å². The number of carbonyl (C=O) groups is 2. The van der Waals surface area contributed by atoms with Gasteiger partial charge < -0.3 is 15.0 Å². The summed E-state index contributed by atoms with van der Waals surface area (Å²) < 4.78 is 5.06. The lowest BCUT2D eigenvalue weighted by Gasteiger charge is -2.13. The normalized spacial score (nSPS) is 10.0. The first-order chi connectivity index (χ1) is 11.0. The lowest BCUT2D eigenvalue weighted by molar-refractivity contribution is -0.119. The summed E-state index contributed by atoms with van der Waals surface area (Å²) in [5.41, 5.74) is 3.03. The minimum absolute atomic E-state index is 0.320. The molecule has 5 heteroatoms. The van der Waals surface area contributed by atoms with E-state index in [1.807, 2.05) is 50.2 Å². The molecule has 1 N–H and O–H groups in total. The van der Waals surface area contributed by atoms with Gasteiger partial charge in [0.1, 0.15) is 0 Å². The van der Waals surface area contributed by atoms with Crippen LogP contribution in [-0.4, -0.2) is 32.6 Å². The minimum atomic E-state index is -0.520. The predicted molar refractivity (Wildman–Crippen MR) is 90.9 cm³/mol. The van der Waals surface area contributed by atoms with E-state index in [2.05, 4.69) is 5.32 Å². The second kappa shape index (κ2) is 7.45. The van der Waals surface area contributed by atoms with Gasteiger partial charge in [-0.3, -0.25) is 4.79 Å². The average Bonchev–Trinajstić information content (AvgIpc) is 2.52. The van der Waals surface area contributed by atoms with Crippen molar-refractivity contribution in [1.29, 1.82) is 0 Å². The molecule has 0 fully saturated rings. The number of anilines is 2. The summed E-state index contributed by atoms with van der Waals surface area (Å²) in [5, 5.41) is 2.69. The van der Waals surface area contributed by atoms with Crippen molar-refractivity contribution < 1.29 is 14.3 Å². The molecule has 0 saturated heterocycles. The Morgan fingerprint density at radius 3 is 2.52 bits per heavy atom. The van der Waals surface area contributed by atoms with Crippen LogP contribution in [0.2, 0.25) is 0 Å². The molecule has 0 unspecified atom stereocenters. The Kier molecular flexibility index (Phi) is 5.36. The maximum atomic E-state index is 12.0. The van der Waals surface area contributed by atoms with Crippen LogP contribution in [0, 0.1) is 6.92 Å². The molecule has 2 aromatic carbocycles. The molecule has 120 valence electrons. The zero-order valence-corrected chi connectivity index (χ0v) is 13.5. The van der Waals surface area contributed by atoms with Crippen LogP contribution in [0.4, 0.5) is 11.4 Å². The maximum absolute atomic E-state index is 12.0. The molecule has 2 rings (SSSR count). The fourth-order valence-corrected chi connectivity index (χ4v) is 2.05. The van der Waals surface area contributed by atoms with Crippen LogP contribution < -0.4 is 10.2 Å². The van der Waals surface area contributed by atoms with Crippen LogP contribution in [0.15, 0.2) is 48.5 Å². The molecule has 0 heterocycles. The summed E-state index contributed by atoms with van der Waals surface area (Å²) in [5.74, 6) is -0.888. The molecule has 0 spiro atoms. The highest BCUT2D eigenvalue weighted by atomic mass is 16.5. The molecular weight excluding hydrogens is 292 g/mol. The van der Waals surface area contributed by atoms with Gasteiger partial charge in [0.05, 0.1) is 5.56 Å². The van der Waals surface area contributed by atoms with Crippen LogP contribution >= 0.6 is 0 Å². The standard InChI is InChI=1S/C18H20N2O3/c1-13-6-4-8-15(10-13)19-17(21)12-23-18(22)14-7-5-9-16(11-14)20(2)3/h4-11H,12H2,1-3H3,(H,19,21). The van der Waals surface area contributed by atoms with Gasteiger partial charge in [0.15, 0.2) is 6.61 Å². The van der Waals surface area contributed by atoms with Crippen LogP contribution in [0.5, 0.6) is 0 Å². The summed E-state index contributed by atoms with van der Waals surface area (Å²) >= 11 is 0. The third kappa shape index (κ3) is 4.85. The summed E-state index contributed by atoms with van der Waals surface area (Å²) in [6, 6.07) is 14.5. The van der Waals surface area contributed by atoms with Crippen molar-refractivity contribution >= 4 is 23.3 Å². The Balaban J connectivity index is 1.91. The first-order valence-corrected chi connectivity index (χ1v) is 7.27.